The third kappa shape index (κ3) is 2.58. The average molecular weight is 415 g/mol. The van der Waals surface area contributed by atoms with Crippen LogP contribution in [0.25, 0.3) is 0 Å². The molecule has 4 nitrogen and oxygen atoms in total. The highest BCUT2D eigenvalue weighted by atomic mass is 16.3. The molecule has 3 fully saturated rings. The molecule has 0 aromatic heterocycles. The molecule has 7 atom stereocenters. The third-order valence-corrected chi connectivity index (χ3v) is 10.5. The van der Waals surface area contributed by atoms with Crippen LogP contribution >= 0.6 is 0 Å². The van der Waals surface area contributed by atoms with Gasteiger partial charge >= 0.3 is 0 Å². The van der Waals surface area contributed by atoms with Crippen molar-refractivity contribution in [3.63, 3.8) is 0 Å². The Bertz CT molecular complexity index is 810. The van der Waals surface area contributed by atoms with Crippen molar-refractivity contribution in [3.8, 4) is 0 Å². The summed E-state index contributed by atoms with van der Waals surface area (Å²) in [4.78, 5) is 38.2. The number of rotatable bonds is 3. The van der Waals surface area contributed by atoms with Crippen molar-refractivity contribution >= 4 is 17.9 Å². The van der Waals surface area contributed by atoms with E-state index in [2.05, 4.69) is 20.8 Å². The number of carbonyl (C=O) groups excluding carboxylic acids is 3. The van der Waals surface area contributed by atoms with Crippen LogP contribution in [0.15, 0.2) is 11.6 Å². The third-order valence-electron chi connectivity index (χ3n) is 10.5. The number of aliphatic hydroxyl groups excluding tert-OH is 1. The first-order valence-corrected chi connectivity index (χ1v) is 11.8. The van der Waals surface area contributed by atoms with Gasteiger partial charge < -0.3 is 9.90 Å². The van der Waals surface area contributed by atoms with E-state index in [9.17, 15) is 19.5 Å². The Balaban J connectivity index is 1.84. The molecule has 0 saturated heterocycles. The lowest BCUT2D eigenvalue weighted by atomic mass is 9.34. The summed E-state index contributed by atoms with van der Waals surface area (Å²) in [6, 6.07) is 0. The molecule has 0 radical (unpaired) electrons. The summed E-state index contributed by atoms with van der Waals surface area (Å²) in [6.07, 6.45) is 9.23. The molecule has 0 bridgehead atoms. The molecule has 30 heavy (non-hydrogen) atoms. The maximum absolute atomic E-state index is 13.8. The fourth-order valence-corrected chi connectivity index (χ4v) is 9.00. The number of carbonyl (C=O) groups is 3. The summed E-state index contributed by atoms with van der Waals surface area (Å²) >= 11 is 0. The van der Waals surface area contributed by atoms with Crippen LogP contribution in [0.1, 0.15) is 79.6 Å². The molecule has 4 heteroatoms. The number of aldehydes is 1. The molecule has 4 aliphatic rings. The molecule has 166 valence electrons. The van der Waals surface area contributed by atoms with Crippen LogP contribution in [-0.4, -0.2) is 29.6 Å². The summed E-state index contributed by atoms with van der Waals surface area (Å²) in [5, 5.41) is 10.8. The minimum absolute atomic E-state index is 0.0314. The van der Waals surface area contributed by atoms with Crippen LogP contribution in [0.2, 0.25) is 0 Å². The normalized spacial score (nSPS) is 47.4. The van der Waals surface area contributed by atoms with Gasteiger partial charge in [0.05, 0.1) is 5.92 Å². The minimum Gasteiger partial charge on any atom is -0.396 e. The van der Waals surface area contributed by atoms with E-state index >= 15 is 0 Å². The highest BCUT2D eigenvalue weighted by molar-refractivity contribution is 6.01. The summed E-state index contributed by atoms with van der Waals surface area (Å²) in [7, 11) is 0. The van der Waals surface area contributed by atoms with E-state index in [4.69, 9.17) is 0 Å². The molecule has 3 saturated carbocycles. The number of fused-ring (bicyclic) bond motifs is 5. The van der Waals surface area contributed by atoms with E-state index in [1.807, 2.05) is 13.0 Å². The summed E-state index contributed by atoms with van der Waals surface area (Å²) in [6.45, 7) is 10.6. The molecule has 0 heterocycles. The van der Waals surface area contributed by atoms with Crippen LogP contribution in [0.3, 0.4) is 0 Å². The molecule has 0 aliphatic heterocycles. The summed E-state index contributed by atoms with van der Waals surface area (Å²) in [5.41, 5.74) is -0.465. The SMILES string of the molecule is CC(=O)C1=CC[C@H]2[C@]3(C)CC[C@H]4C(C)(C)CCC[C@]4(CO)[C@H]3CC(=O)[C@]2(C)[C@H]1C=O. The first-order chi connectivity index (χ1) is 14.0. The van der Waals surface area contributed by atoms with E-state index in [1.165, 1.54) is 13.3 Å². The van der Waals surface area contributed by atoms with Gasteiger partial charge in [0.15, 0.2) is 5.78 Å². The second-order valence-electron chi connectivity index (χ2n) is 11.9. The molecule has 4 aliphatic carbocycles. The van der Waals surface area contributed by atoms with Crippen LogP contribution < -0.4 is 0 Å². The molecule has 1 N–H and O–H groups in total. The number of hydrogen-bond donors (Lipinski definition) is 1. The Morgan fingerprint density at radius 1 is 1.13 bits per heavy atom. The minimum atomic E-state index is -0.823. The van der Waals surface area contributed by atoms with Gasteiger partial charge in [-0.2, -0.15) is 0 Å². The number of Topliss-reactive ketones (excluding diaryl/α,β-unsaturated/α-hetero) is 2. The number of hydrogen-bond acceptors (Lipinski definition) is 4. The fourth-order valence-electron chi connectivity index (χ4n) is 9.00. The van der Waals surface area contributed by atoms with E-state index in [-0.39, 0.29) is 46.3 Å². The first-order valence-electron chi connectivity index (χ1n) is 11.8. The number of aliphatic hydroxyl groups is 1. The zero-order valence-electron chi connectivity index (χ0n) is 19.3. The van der Waals surface area contributed by atoms with Crippen LogP contribution in [0.5, 0.6) is 0 Å². The summed E-state index contributed by atoms with van der Waals surface area (Å²) in [5.74, 6) is -0.0352. The van der Waals surface area contributed by atoms with Crippen molar-refractivity contribution in [2.45, 2.75) is 79.6 Å². The van der Waals surface area contributed by atoms with Gasteiger partial charge in [-0.25, -0.2) is 0 Å². The van der Waals surface area contributed by atoms with E-state index in [0.29, 0.717) is 24.3 Å². The largest absolute Gasteiger partial charge is 0.396 e. The molecule has 0 amide bonds. The van der Waals surface area contributed by atoms with Gasteiger partial charge in [0.1, 0.15) is 12.1 Å². The molecule has 0 aromatic carbocycles. The smallest absolute Gasteiger partial charge is 0.156 e. The Kier molecular flexibility index (Phi) is 5.01. The predicted octanol–water partition coefficient (Wildman–Crippen LogP) is 4.54. The lowest BCUT2D eigenvalue weighted by molar-refractivity contribution is -0.213. The van der Waals surface area contributed by atoms with E-state index in [1.54, 1.807) is 0 Å². The highest BCUT2D eigenvalue weighted by Gasteiger charge is 2.69. The van der Waals surface area contributed by atoms with Gasteiger partial charge in [0, 0.05) is 29.4 Å². The van der Waals surface area contributed by atoms with Gasteiger partial charge in [-0.3, -0.25) is 9.59 Å². The van der Waals surface area contributed by atoms with Gasteiger partial charge in [-0.1, -0.05) is 40.2 Å². The standard InChI is InChI=1S/C26H38O4/c1-16(29)17-7-8-20-24(4)12-9-19-23(2,3)10-6-11-26(19,15-28)21(24)13-22(30)25(20,5)18(17)14-27/h7,14,18-21,28H,6,8-13,15H2,1-5H3/t18-,19-,20-,21-,24-,25+,26+/m0/s1. The quantitative estimate of drug-likeness (QED) is 0.689. The summed E-state index contributed by atoms with van der Waals surface area (Å²) < 4.78 is 0. The van der Waals surface area contributed by atoms with E-state index < -0.39 is 11.3 Å². The second kappa shape index (κ2) is 6.85. The fraction of sp³-hybridized carbons (Fsp3) is 0.808. The van der Waals surface area contributed by atoms with Crippen LogP contribution in [-0.2, 0) is 14.4 Å². The van der Waals surface area contributed by atoms with Crippen molar-refractivity contribution in [3.05, 3.63) is 11.6 Å². The molecule has 0 unspecified atom stereocenters. The van der Waals surface area contributed by atoms with Gasteiger partial charge in [-0.15, -0.1) is 0 Å². The maximum Gasteiger partial charge on any atom is 0.156 e. The van der Waals surface area contributed by atoms with Gasteiger partial charge in [0.2, 0.25) is 0 Å². The monoisotopic (exact) mass is 414 g/mol. The topological polar surface area (TPSA) is 71.4 Å². The number of allylic oxidation sites excluding steroid dienone is 2. The molecular formula is C26H38O4. The second-order valence-corrected chi connectivity index (χ2v) is 11.9. The highest BCUT2D eigenvalue weighted by Crippen LogP contribution is 2.72. The van der Waals surface area contributed by atoms with Crippen LogP contribution in [0.4, 0.5) is 0 Å². The zero-order chi connectivity index (χ0) is 22.1. The molecular weight excluding hydrogens is 376 g/mol. The average Bonchev–Trinajstić information content (AvgIpc) is 2.68. The predicted molar refractivity (Wildman–Crippen MR) is 116 cm³/mol. The zero-order valence-corrected chi connectivity index (χ0v) is 19.3. The first kappa shape index (κ1) is 21.9. The molecule has 4 rings (SSSR count). The maximum atomic E-state index is 13.8. The van der Waals surface area contributed by atoms with Crippen LogP contribution in [0, 0.1) is 45.3 Å². The Hall–Kier alpha value is -1.29. The van der Waals surface area contributed by atoms with Gasteiger partial charge in [-0.05, 0) is 67.6 Å². The molecule has 0 aromatic rings. The Morgan fingerprint density at radius 2 is 1.83 bits per heavy atom. The van der Waals surface area contributed by atoms with E-state index in [0.717, 1.165) is 32.0 Å². The van der Waals surface area contributed by atoms with Crippen molar-refractivity contribution in [1.29, 1.82) is 0 Å². The van der Waals surface area contributed by atoms with Crippen molar-refractivity contribution in [2.75, 3.05) is 6.61 Å². The lowest BCUT2D eigenvalue weighted by Gasteiger charge is -2.69. The van der Waals surface area contributed by atoms with Crippen molar-refractivity contribution in [1.82, 2.24) is 0 Å². The van der Waals surface area contributed by atoms with Crippen molar-refractivity contribution in [2.24, 2.45) is 45.3 Å². The molecule has 0 spiro atoms. The Morgan fingerprint density at radius 3 is 2.43 bits per heavy atom. The lowest BCUT2D eigenvalue weighted by Crippen LogP contribution is -2.67. The number of ketones is 2. The Labute approximate surface area is 180 Å². The van der Waals surface area contributed by atoms with Gasteiger partial charge in [0.25, 0.3) is 0 Å². The van der Waals surface area contributed by atoms with Crippen molar-refractivity contribution < 1.29 is 19.5 Å².